The first kappa shape index (κ1) is 14.7. The zero-order valence-electron chi connectivity index (χ0n) is 11.6. The van der Waals surface area contributed by atoms with Crippen LogP contribution in [0.25, 0.3) is 0 Å². The SMILES string of the molecule is CS(=O)(=O)Nc1ccc(NC(=O)C2CC3CC3C2)cc1Cl. The molecule has 3 rings (SSSR count). The van der Waals surface area contributed by atoms with Crippen molar-refractivity contribution in [2.24, 2.45) is 17.8 Å². The molecule has 0 saturated heterocycles. The first-order chi connectivity index (χ1) is 9.82. The lowest BCUT2D eigenvalue weighted by molar-refractivity contribution is -0.120. The van der Waals surface area contributed by atoms with Crippen LogP contribution in [0.4, 0.5) is 11.4 Å². The summed E-state index contributed by atoms with van der Waals surface area (Å²) in [5.74, 6) is 1.64. The molecule has 0 radical (unpaired) electrons. The lowest BCUT2D eigenvalue weighted by Crippen LogP contribution is -2.21. The summed E-state index contributed by atoms with van der Waals surface area (Å²) >= 11 is 6.03. The average Bonchev–Trinajstić information content (AvgIpc) is 2.98. The van der Waals surface area contributed by atoms with Crippen LogP contribution in [0.3, 0.4) is 0 Å². The molecule has 0 spiro atoms. The second kappa shape index (κ2) is 5.18. The maximum atomic E-state index is 12.1. The smallest absolute Gasteiger partial charge is 0.229 e. The number of benzene rings is 1. The Morgan fingerprint density at radius 1 is 1.24 bits per heavy atom. The van der Waals surface area contributed by atoms with Crippen molar-refractivity contribution in [1.82, 2.24) is 0 Å². The standard InChI is InChI=1S/C14H17ClN2O3S/c1-21(19,20)17-13-3-2-11(7-12(13)15)16-14(18)10-5-8-4-9(8)6-10/h2-3,7-10,17H,4-6H2,1H3,(H,16,18). The Morgan fingerprint density at radius 3 is 2.48 bits per heavy atom. The number of hydrogen-bond donors (Lipinski definition) is 2. The molecule has 0 aliphatic heterocycles. The number of amides is 1. The predicted octanol–water partition coefficient (Wildman–Crippen LogP) is 2.70. The van der Waals surface area contributed by atoms with Gasteiger partial charge in [0.1, 0.15) is 0 Å². The number of rotatable bonds is 4. The minimum absolute atomic E-state index is 0.0297. The van der Waals surface area contributed by atoms with Crippen molar-refractivity contribution < 1.29 is 13.2 Å². The highest BCUT2D eigenvalue weighted by Crippen LogP contribution is 2.54. The summed E-state index contributed by atoms with van der Waals surface area (Å²) in [5.41, 5.74) is 0.893. The number of anilines is 2. The lowest BCUT2D eigenvalue weighted by atomic mass is 10.0. The maximum Gasteiger partial charge on any atom is 0.229 e. The van der Waals surface area contributed by atoms with E-state index in [0.717, 1.165) is 30.9 Å². The van der Waals surface area contributed by atoms with Gasteiger partial charge in [0.05, 0.1) is 17.0 Å². The molecule has 5 nitrogen and oxygen atoms in total. The fourth-order valence-electron chi connectivity index (χ4n) is 3.05. The molecular weight excluding hydrogens is 312 g/mol. The highest BCUT2D eigenvalue weighted by atomic mass is 35.5. The number of carbonyl (C=O) groups is 1. The van der Waals surface area contributed by atoms with E-state index in [2.05, 4.69) is 10.0 Å². The van der Waals surface area contributed by atoms with Crippen LogP contribution in [-0.2, 0) is 14.8 Å². The molecule has 21 heavy (non-hydrogen) atoms. The minimum atomic E-state index is -3.37. The number of fused-ring (bicyclic) bond motifs is 1. The second-order valence-electron chi connectivity index (χ2n) is 5.98. The molecule has 0 aromatic heterocycles. The van der Waals surface area contributed by atoms with Crippen molar-refractivity contribution >= 4 is 38.9 Å². The van der Waals surface area contributed by atoms with Crippen molar-refractivity contribution in [3.8, 4) is 0 Å². The molecule has 2 unspecified atom stereocenters. The average molecular weight is 329 g/mol. The van der Waals surface area contributed by atoms with Gasteiger partial charge in [0.25, 0.3) is 0 Å². The Balaban J connectivity index is 1.66. The molecule has 1 amide bonds. The molecule has 0 bridgehead atoms. The summed E-state index contributed by atoms with van der Waals surface area (Å²) in [6.45, 7) is 0. The van der Waals surface area contributed by atoms with Gasteiger partial charge in [-0.3, -0.25) is 9.52 Å². The maximum absolute atomic E-state index is 12.1. The summed E-state index contributed by atoms with van der Waals surface area (Å²) in [5, 5.41) is 3.11. The molecule has 2 aliphatic rings. The number of nitrogens with one attached hydrogen (secondary N) is 2. The zero-order valence-corrected chi connectivity index (χ0v) is 13.2. The van der Waals surface area contributed by atoms with E-state index in [-0.39, 0.29) is 16.8 Å². The van der Waals surface area contributed by atoms with Gasteiger partial charge in [0, 0.05) is 11.6 Å². The third kappa shape index (κ3) is 3.49. The van der Waals surface area contributed by atoms with Gasteiger partial charge in [-0.05, 0) is 49.3 Å². The molecule has 0 heterocycles. The third-order valence-corrected chi connectivity index (χ3v) is 5.05. The first-order valence-corrected chi connectivity index (χ1v) is 9.17. The zero-order chi connectivity index (χ0) is 15.2. The van der Waals surface area contributed by atoms with Crippen molar-refractivity contribution in [3.63, 3.8) is 0 Å². The molecule has 1 aromatic carbocycles. The topological polar surface area (TPSA) is 75.3 Å². The van der Waals surface area contributed by atoms with Crippen molar-refractivity contribution in [2.45, 2.75) is 19.3 Å². The molecule has 1 aromatic rings. The first-order valence-electron chi connectivity index (χ1n) is 6.90. The van der Waals surface area contributed by atoms with Crippen LogP contribution in [-0.4, -0.2) is 20.6 Å². The van der Waals surface area contributed by atoms with Crippen molar-refractivity contribution in [1.29, 1.82) is 0 Å². The van der Waals surface area contributed by atoms with E-state index in [9.17, 15) is 13.2 Å². The molecule has 2 aliphatic carbocycles. The lowest BCUT2D eigenvalue weighted by Gasteiger charge is -2.13. The number of halogens is 1. The number of carbonyl (C=O) groups excluding carboxylic acids is 1. The van der Waals surface area contributed by atoms with E-state index >= 15 is 0 Å². The Hall–Kier alpha value is -1.27. The second-order valence-corrected chi connectivity index (χ2v) is 8.14. The summed E-state index contributed by atoms with van der Waals surface area (Å²) in [7, 11) is -3.37. The van der Waals surface area contributed by atoms with Crippen molar-refractivity contribution in [2.75, 3.05) is 16.3 Å². The number of sulfonamides is 1. The molecule has 114 valence electrons. The van der Waals surface area contributed by atoms with Crippen LogP contribution in [0, 0.1) is 17.8 Å². The molecular formula is C14H17ClN2O3S. The van der Waals surface area contributed by atoms with Gasteiger partial charge in [-0.2, -0.15) is 0 Å². The van der Waals surface area contributed by atoms with E-state index in [0.29, 0.717) is 11.4 Å². The fourth-order valence-corrected chi connectivity index (χ4v) is 3.91. The van der Waals surface area contributed by atoms with Crippen LogP contribution in [0.5, 0.6) is 0 Å². The number of hydrogen-bond acceptors (Lipinski definition) is 3. The Kier molecular flexibility index (Phi) is 3.61. The summed E-state index contributed by atoms with van der Waals surface area (Å²) in [4.78, 5) is 12.1. The summed E-state index contributed by atoms with van der Waals surface area (Å²) < 4.78 is 24.7. The monoisotopic (exact) mass is 328 g/mol. The summed E-state index contributed by atoms with van der Waals surface area (Å²) in [6, 6.07) is 4.75. The van der Waals surface area contributed by atoms with E-state index < -0.39 is 10.0 Å². The highest BCUT2D eigenvalue weighted by molar-refractivity contribution is 7.92. The largest absolute Gasteiger partial charge is 0.326 e. The molecule has 2 N–H and O–H groups in total. The highest BCUT2D eigenvalue weighted by Gasteiger charge is 2.47. The molecule has 2 fully saturated rings. The van der Waals surface area contributed by atoms with E-state index in [1.54, 1.807) is 18.2 Å². The van der Waals surface area contributed by atoms with Gasteiger partial charge in [-0.25, -0.2) is 8.42 Å². The van der Waals surface area contributed by atoms with Gasteiger partial charge in [-0.15, -0.1) is 0 Å². The van der Waals surface area contributed by atoms with Gasteiger partial charge < -0.3 is 5.32 Å². The van der Waals surface area contributed by atoms with Crippen LogP contribution in [0.1, 0.15) is 19.3 Å². The fraction of sp³-hybridized carbons (Fsp3) is 0.500. The van der Waals surface area contributed by atoms with Gasteiger partial charge >= 0.3 is 0 Å². The van der Waals surface area contributed by atoms with Gasteiger partial charge in [0.15, 0.2) is 0 Å². The Labute approximate surface area is 129 Å². The third-order valence-electron chi connectivity index (χ3n) is 4.15. The Morgan fingerprint density at radius 2 is 1.90 bits per heavy atom. The molecule has 7 heteroatoms. The van der Waals surface area contributed by atoms with Crippen LogP contribution in [0.15, 0.2) is 18.2 Å². The van der Waals surface area contributed by atoms with Crippen LogP contribution in [0.2, 0.25) is 5.02 Å². The predicted molar refractivity (Wildman–Crippen MR) is 82.9 cm³/mol. The molecule has 2 saturated carbocycles. The van der Waals surface area contributed by atoms with Gasteiger partial charge in [-0.1, -0.05) is 11.6 Å². The molecule has 2 atom stereocenters. The minimum Gasteiger partial charge on any atom is -0.326 e. The Bertz CT molecular complexity index is 679. The van der Waals surface area contributed by atoms with E-state index in [1.165, 1.54) is 6.42 Å². The summed E-state index contributed by atoms with van der Waals surface area (Å²) in [6.07, 6.45) is 4.31. The van der Waals surface area contributed by atoms with E-state index in [1.807, 2.05) is 0 Å². The van der Waals surface area contributed by atoms with E-state index in [4.69, 9.17) is 11.6 Å². The van der Waals surface area contributed by atoms with Crippen LogP contribution < -0.4 is 10.0 Å². The van der Waals surface area contributed by atoms with Crippen LogP contribution >= 0.6 is 11.6 Å². The normalized spacial score (nSPS) is 27.0. The van der Waals surface area contributed by atoms with Crippen molar-refractivity contribution in [3.05, 3.63) is 23.2 Å². The van der Waals surface area contributed by atoms with Gasteiger partial charge in [0.2, 0.25) is 15.9 Å². The quantitative estimate of drug-likeness (QED) is 0.892.